The van der Waals surface area contributed by atoms with Crippen LogP contribution in [0.4, 0.5) is 10.1 Å². The maximum atomic E-state index is 13.8. The summed E-state index contributed by atoms with van der Waals surface area (Å²) in [7, 11) is 1.89. The van der Waals surface area contributed by atoms with Gasteiger partial charge in [-0.1, -0.05) is 41.2 Å². The van der Waals surface area contributed by atoms with Crippen molar-refractivity contribution in [3.8, 4) is 5.75 Å². The van der Waals surface area contributed by atoms with Gasteiger partial charge in [-0.2, -0.15) is 0 Å². The molecule has 2 aliphatic rings. The van der Waals surface area contributed by atoms with E-state index in [0.717, 1.165) is 36.6 Å². The van der Waals surface area contributed by atoms with E-state index in [-0.39, 0.29) is 22.4 Å². The number of rotatable bonds is 6. The Morgan fingerprint density at radius 2 is 1.81 bits per heavy atom. The molecule has 0 amide bonds. The highest BCUT2D eigenvalue weighted by Crippen LogP contribution is 2.44. The van der Waals surface area contributed by atoms with Crippen molar-refractivity contribution in [2.45, 2.75) is 37.7 Å². The van der Waals surface area contributed by atoms with Crippen LogP contribution in [0.25, 0.3) is 0 Å². The van der Waals surface area contributed by atoms with Crippen molar-refractivity contribution in [1.29, 1.82) is 0 Å². The van der Waals surface area contributed by atoms with Gasteiger partial charge in [0.15, 0.2) is 6.29 Å². The number of halogens is 3. The van der Waals surface area contributed by atoms with Crippen LogP contribution in [0.2, 0.25) is 10.0 Å². The third kappa shape index (κ3) is 6.51. The van der Waals surface area contributed by atoms with Gasteiger partial charge in [-0.15, -0.1) is 0 Å². The lowest BCUT2D eigenvalue weighted by molar-refractivity contribution is 0.111. The zero-order valence-corrected chi connectivity index (χ0v) is 20.0. The number of hydrogen-bond acceptors (Lipinski definition) is 5. The molecule has 1 saturated carbocycles. The van der Waals surface area contributed by atoms with Crippen molar-refractivity contribution < 1.29 is 13.9 Å². The largest absolute Gasteiger partial charge is 0.489 e. The molecular weight excluding hydrogens is 458 g/mol. The Balaban J connectivity index is 0.000000628. The minimum Gasteiger partial charge on any atom is -0.489 e. The highest BCUT2D eigenvalue weighted by Gasteiger charge is 2.27. The lowest BCUT2D eigenvalue weighted by Gasteiger charge is -2.34. The molecule has 0 spiro atoms. The minimum atomic E-state index is -0.618. The molecular formula is C23H27Cl2FN2O2S. The quantitative estimate of drug-likeness (QED) is 0.381. The van der Waals surface area contributed by atoms with E-state index in [2.05, 4.69) is 27.8 Å². The molecule has 1 N–H and O–H groups in total. The second-order valence-electron chi connectivity index (χ2n) is 7.61. The van der Waals surface area contributed by atoms with Crippen LogP contribution in [0.5, 0.6) is 5.75 Å². The zero-order valence-electron chi connectivity index (χ0n) is 17.7. The number of anilines is 1. The molecule has 2 fully saturated rings. The van der Waals surface area contributed by atoms with Gasteiger partial charge < -0.3 is 9.64 Å². The van der Waals surface area contributed by atoms with Crippen molar-refractivity contribution >= 4 is 47.1 Å². The summed E-state index contributed by atoms with van der Waals surface area (Å²) >= 11 is 14.2. The van der Waals surface area contributed by atoms with Crippen LogP contribution in [-0.2, 0) is 0 Å². The van der Waals surface area contributed by atoms with Gasteiger partial charge in [-0.3, -0.25) is 9.52 Å². The predicted octanol–water partition coefficient (Wildman–Crippen LogP) is 6.35. The van der Waals surface area contributed by atoms with E-state index >= 15 is 0 Å². The van der Waals surface area contributed by atoms with E-state index in [1.165, 1.54) is 30.5 Å². The topological polar surface area (TPSA) is 41.6 Å². The lowest BCUT2D eigenvalue weighted by atomic mass is 10.1. The fourth-order valence-electron chi connectivity index (χ4n) is 3.57. The van der Waals surface area contributed by atoms with Crippen LogP contribution >= 0.6 is 35.1 Å². The fourth-order valence-corrected chi connectivity index (χ4v) is 4.12. The van der Waals surface area contributed by atoms with E-state index in [1.807, 2.05) is 13.3 Å². The summed E-state index contributed by atoms with van der Waals surface area (Å²) in [6, 6.07) is 8.84. The van der Waals surface area contributed by atoms with Gasteiger partial charge >= 0.3 is 0 Å². The van der Waals surface area contributed by atoms with Crippen LogP contribution < -0.4 is 14.4 Å². The van der Waals surface area contributed by atoms with Crippen LogP contribution in [0.1, 0.15) is 47.5 Å². The van der Waals surface area contributed by atoms with E-state index in [0.29, 0.717) is 12.2 Å². The number of aldehydes is 1. The van der Waals surface area contributed by atoms with Crippen molar-refractivity contribution in [3.63, 3.8) is 0 Å². The van der Waals surface area contributed by atoms with E-state index in [9.17, 15) is 9.18 Å². The first-order valence-corrected chi connectivity index (χ1v) is 12.3. The summed E-state index contributed by atoms with van der Waals surface area (Å²) in [6.45, 7) is 1.66. The smallest absolute Gasteiger partial charge is 0.153 e. The highest BCUT2D eigenvalue weighted by atomic mass is 35.5. The summed E-state index contributed by atoms with van der Waals surface area (Å²) < 4.78 is 22.5. The van der Waals surface area contributed by atoms with Crippen LogP contribution in [0, 0.1) is 5.82 Å². The van der Waals surface area contributed by atoms with Crippen LogP contribution in [0.15, 0.2) is 30.3 Å². The van der Waals surface area contributed by atoms with Crippen molar-refractivity contribution in [3.05, 3.63) is 57.3 Å². The molecule has 1 heterocycles. The van der Waals surface area contributed by atoms with Gasteiger partial charge in [0.2, 0.25) is 0 Å². The summed E-state index contributed by atoms with van der Waals surface area (Å²) in [4.78, 5) is 13.1. The minimum absolute atomic E-state index is 0.0403. The Morgan fingerprint density at radius 1 is 1.13 bits per heavy atom. The molecule has 0 bridgehead atoms. The molecule has 1 aliphatic heterocycles. The van der Waals surface area contributed by atoms with E-state index in [4.69, 9.17) is 27.9 Å². The number of ether oxygens (including phenoxy) is 1. The molecule has 0 aromatic heterocycles. The maximum Gasteiger partial charge on any atom is 0.153 e. The number of nitrogens with zero attached hydrogens (tertiary/aromatic N) is 1. The molecule has 4 rings (SSSR count). The average molecular weight is 485 g/mol. The summed E-state index contributed by atoms with van der Waals surface area (Å²) in [5.74, 6) is 0.309. The number of carbonyl (C=O) groups excluding carboxylic acids is 1. The second kappa shape index (κ2) is 11.4. The summed E-state index contributed by atoms with van der Waals surface area (Å²) in [5, 5.41) is 1.11. The predicted molar refractivity (Wildman–Crippen MR) is 129 cm³/mol. The first-order valence-electron chi connectivity index (χ1n) is 10.3. The number of piperidine rings is 1. The fraction of sp³-hybridized carbons (Fsp3) is 0.435. The Morgan fingerprint density at radius 3 is 2.35 bits per heavy atom. The Bertz CT molecular complexity index is 901. The summed E-state index contributed by atoms with van der Waals surface area (Å²) in [6.07, 6.45) is 6.47. The Kier molecular flexibility index (Phi) is 8.90. The van der Waals surface area contributed by atoms with Gasteiger partial charge in [0.25, 0.3) is 0 Å². The van der Waals surface area contributed by atoms with Crippen LogP contribution in [-0.4, -0.2) is 38.8 Å². The third-order valence-corrected chi connectivity index (χ3v) is 6.52. The molecule has 1 saturated heterocycles. The normalized spacial score (nSPS) is 16.5. The monoisotopic (exact) mass is 484 g/mol. The van der Waals surface area contributed by atoms with Crippen molar-refractivity contribution in [2.24, 2.45) is 0 Å². The van der Waals surface area contributed by atoms with Gasteiger partial charge in [0, 0.05) is 42.7 Å². The lowest BCUT2D eigenvalue weighted by Crippen LogP contribution is -2.38. The van der Waals surface area contributed by atoms with Gasteiger partial charge in [-0.05, 0) is 55.8 Å². The number of benzene rings is 2. The summed E-state index contributed by atoms with van der Waals surface area (Å²) in [5.41, 5.74) is 2.32. The van der Waals surface area contributed by atoms with Gasteiger partial charge in [-0.25, -0.2) is 4.39 Å². The van der Waals surface area contributed by atoms with Crippen molar-refractivity contribution in [1.82, 2.24) is 4.72 Å². The SMILES string of the molecule is CNSC.O=Cc1cc(Cl)c(OC2CCN(c3ccc(C4CC4)c(Cl)c3)CC2)cc1F. The molecule has 0 atom stereocenters. The highest BCUT2D eigenvalue weighted by molar-refractivity contribution is 7.96. The second-order valence-corrected chi connectivity index (χ2v) is 9.25. The molecule has 2 aromatic carbocycles. The Labute approximate surface area is 197 Å². The first-order chi connectivity index (χ1) is 15.0. The van der Waals surface area contributed by atoms with E-state index < -0.39 is 5.82 Å². The molecule has 8 heteroatoms. The number of hydrogen-bond donors (Lipinski definition) is 1. The number of carbonyl (C=O) groups is 1. The molecule has 0 radical (unpaired) electrons. The molecule has 31 heavy (non-hydrogen) atoms. The maximum absolute atomic E-state index is 13.8. The van der Waals surface area contributed by atoms with Gasteiger partial charge in [0.05, 0.1) is 10.6 Å². The van der Waals surface area contributed by atoms with Gasteiger partial charge in [0.1, 0.15) is 17.7 Å². The molecule has 1 aliphatic carbocycles. The Hall–Kier alpha value is -1.47. The zero-order chi connectivity index (χ0) is 22.4. The molecule has 0 unspecified atom stereocenters. The van der Waals surface area contributed by atoms with Crippen molar-refractivity contribution in [2.75, 3.05) is 31.3 Å². The molecule has 168 valence electrons. The van der Waals surface area contributed by atoms with E-state index in [1.54, 1.807) is 11.9 Å². The first kappa shape index (κ1) is 24.2. The third-order valence-electron chi connectivity index (χ3n) is 5.48. The molecule has 4 nitrogen and oxygen atoms in total. The molecule has 2 aromatic rings. The number of nitrogens with one attached hydrogen (secondary N) is 1. The van der Waals surface area contributed by atoms with Crippen LogP contribution in [0.3, 0.4) is 0 Å². The standard InChI is InChI=1S/C21H20Cl2FNO2.C2H7NS/c22-18-10-15(3-4-17(18)13-1-2-13)25-7-5-16(6-8-25)27-21-11-20(24)14(12-26)9-19(21)23;1-3-4-2/h3-4,9-13,16H,1-2,5-8H2;3H,1-2H3. The average Bonchev–Trinajstić information content (AvgIpc) is 3.62.